The van der Waals surface area contributed by atoms with Crippen LogP contribution in [0.25, 0.3) is 0 Å². The van der Waals surface area contributed by atoms with Crippen LogP contribution < -0.4 is 15.2 Å². The van der Waals surface area contributed by atoms with Gasteiger partial charge in [-0.2, -0.15) is 0 Å². The van der Waals surface area contributed by atoms with Gasteiger partial charge in [-0.15, -0.1) is 23.7 Å². The zero-order valence-electron chi connectivity index (χ0n) is 14.3. The van der Waals surface area contributed by atoms with E-state index in [0.29, 0.717) is 31.9 Å². The SMILES string of the molecule is Cl.NCCc1nc(C(=O)N2CCCC2c2cccc3c2OCCO3)cs1. The number of nitrogens with zero attached hydrogens (tertiary/aromatic N) is 2. The van der Waals surface area contributed by atoms with Crippen molar-refractivity contribution in [3.8, 4) is 11.5 Å². The third-order valence-corrected chi connectivity index (χ3v) is 5.51. The standard InChI is InChI=1S/C18H21N3O3S.ClH/c19-7-6-16-20-13(11-25-16)18(22)21-8-2-4-14(21)12-3-1-5-15-17(12)24-10-9-23-15;/h1,3,5,11,14H,2,4,6-10,19H2;1H. The lowest BCUT2D eigenvalue weighted by molar-refractivity contribution is 0.0725. The largest absolute Gasteiger partial charge is 0.486 e. The molecule has 26 heavy (non-hydrogen) atoms. The van der Waals surface area contributed by atoms with E-state index in [1.165, 1.54) is 11.3 Å². The molecule has 0 bridgehead atoms. The first-order chi connectivity index (χ1) is 12.3. The fourth-order valence-corrected chi connectivity index (χ4v) is 4.27. The number of hydrogen-bond donors (Lipinski definition) is 1. The zero-order valence-corrected chi connectivity index (χ0v) is 16.0. The van der Waals surface area contributed by atoms with Gasteiger partial charge < -0.3 is 20.1 Å². The Hall–Kier alpha value is -1.83. The number of halogens is 1. The normalized spacial score (nSPS) is 18.5. The number of ether oxygens (including phenoxy) is 2. The second-order valence-electron chi connectivity index (χ2n) is 6.19. The lowest BCUT2D eigenvalue weighted by atomic mass is 10.0. The van der Waals surface area contributed by atoms with Gasteiger partial charge in [0.2, 0.25) is 0 Å². The van der Waals surface area contributed by atoms with Crippen molar-refractivity contribution in [1.82, 2.24) is 9.88 Å². The Bertz CT molecular complexity index is 783. The molecule has 1 amide bonds. The topological polar surface area (TPSA) is 77.7 Å². The van der Waals surface area contributed by atoms with E-state index in [1.807, 2.05) is 28.5 Å². The van der Waals surface area contributed by atoms with Gasteiger partial charge in [0.15, 0.2) is 11.5 Å². The third-order valence-electron chi connectivity index (χ3n) is 4.60. The molecule has 1 unspecified atom stereocenters. The molecule has 140 valence electrons. The monoisotopic (exact) mass is 395 g/mol. The summed E-state index contributed by atoms with van der Waals surface area (Å²) in [6.45, 7) is 2.38. The molecule has 8 heteroatoms. The van der Waals surface area contributed by atoms with E-state index in [-0.39, 0.29) is 24.4 Å². The fourth-order valence-electron chi connectivity index (χ4n) is 3.49. The summed E-state index contributed by atoms with van der Waals surface area (Å²) >= 11 is 1.50. The zero-order chi connectivity index (χ0) is 17.2. The van der Waals surface area contributed by atoms with Crippen LogP contribution >= 0.6 is 23.7 Å². The van der Waals surface area contributed by atoms with Gasteiger partial charge in [-0.05, 0) is 25.5 Å². The highest BCUT2D eigenvalue weighted by Gasteiger charge is 2.34. The number of fused-ring (bicyclic) bond motifs is 1. The molecule has 0 radical (unpaired) electrons. The highest BCUT2D eigenvalue weighted by atomic mass is 35.5. The van der Waals surface area contributed by atoms with Crippen LogP contribution in [0.1, 0.15) is 39.9 Å². The van der Waals surface area contributed by atoms with Crippen molar-refractivity contribution in [2.45, 2.75) is 25.3 Å². The average Bonchev–Trinajstić information content (AvgIpc) is 3.30. The summed E-state index contributed by atoms with van der Waals surface area (Å²) in [6, 6.07) is 5.92. The Balaban J connectivity index is 0.00000196. The summed E-state index contributed by atoms with van der Waals surface area (Å²) in [5, 5.41) is 2.75. The first-order valence-electron chi connectivity index (χ1n) is 8.62. The van der Waals surface area contributed by atoms with E-state index < -0.39 is 0 Å². The predicted molar refractivity (Wildman–Crippen MR) is 103 cm³/mol. The second kappa shape index (κ2) is 8.24. The number of para-hydroxylation sites is 1. The van der Waals surface area contributed by atoms with E-state index in [4.69, 9.17) is 15.2 Å². The maximum Gasteiger partial charge on any atom is 0.273 e. The van der Waals surface area contributed by atoms with Crippen molar-refractivity contribution >= 4 is 29.7 Å². The number of rotatable bonds is 4. The molecule has 6 nitrogen and oxygen atoms in total. The van der Waals surface area contributed by atoms with Crippen molar-refractivity contribution < 1.29 is 14.3 Å². The molecule has 0 saturated carbocycles. The predicted octanol–water partition coefficient (Wildman–Crippen LogP) is 2.81. The number of thiazole rings is 1. The van der Waals surface area contributed by atoms with Gasteiger partial charge in [-0.3, -0.25) is 4.79 Å². The molecule has 1 fully saturated rings. The highest BCUT2D eigenvalue weighted by Crippen LogP contribution is 2.43. The molecule has 0 spiro atoms. The van der Waals surface area contributed by atoms with Crippen LogP contribution in [0, 0.1) is 0 Å². The number of hydrogen-bond acceptors (Lipinski definition) is 6. The summed E-state index contributed by atoms with van der Waals surface area (Å²) in [5.74, 6) is 1.53. The maximum absolute atomic E-state index is 13.0. The fraction of sp³-hybridized carbons (Fsp3) is 0.444. The van der Waals surface area contributed by atoms with Gasteiger partial charge in [0.25, 0.3) is 5.91 Å². The molecule has 2 N–H and O–H groups in total. The Morgan fingerprint density at radius 1 is 1.35 bits per heavy atom. The quantitative estimate of drug-likeness (QED) is 0.861. The van der Waals surface area contributed by atoms with Crippen LogP contribution in [0.3, 0.4) is 0 Å². The van der Waals surface area contributed by atoms with Gasteiger partial charge in [0, 0.05) is 23.9 Å². The summed E-state index contributed by atoms with van der Waals surface area (Å²) in [5.41, 5.74) is 7.12. The molecular formula is C18H22ClN3O3S. The number of carbonyl (C=O) groups excluding carboxylic acids is 1. The number of carbonyl (C=O) groups is 1. The van der Waals surface area contributed by atoms with Gasteiger partial charge in [-0.1, -0.05) is 12.1 Å². The first kappa shape index (κ1) is 18.9. The van der Waals surface area contributed by atoms with Crippen LogP contribution in [0.2, 0.25) is 0 Å². The van der Waals surface area contributed by atoms with Crippen molar-refractivity contribution in [3.05, 3.63) is 39.8 Å². The van der Waals surface area contributed by atoms with Crippen LogP contribution in [0.15, 0.2) is 23.6 Å². The van der Waals surface area contributed by atoms with Crippen LogP contribution in [0.4, 0.5) is 0 Å². The summed E-state index contributed by atoms with van der Waals surface area (Å²) in [6.07, 6.45) is 2.60. The van der Waals surface area contributed by atoms with Crippen LogP contribution in [0.5, 0.6) is 11.5 Å². The van der Waals surface area contributed by atoms with Crippen molar-refractivity contribution in [1.29, 1.82) is 0 Å². The van der Waals surface area contributed by atoms with E-state index >= 15 is 0 Å². The van der Waals surface area contributed by atoms with Gasteiger partial charge in [-0.25, -0.2) is 4.98 Å². The Labute approximate surface area is 162 Å². The summed E-state index contributed by atoms with van der Waals surface area (Å²) < 4.78 is 11.5. The molecule has 1 atom stereocenters. The molecule has 0 aliphatic carbocycles. The van der Waals surface area contributed by atoms with Crippen LogP contribution in [-0.2, 0) is 6.42 Å². The minimum Gasteiger partial charge on any atom is -0.486 e. The second-order valence-corrected chi connectivity index (χ2v) is 7.14. The van der Waals surface area contributed by atoms with Gasteiger partial charge in [0.1, 0.15) is 18.9 Å². The Morgan fingerprint density at radius 2 is 2.19 bits per heavy atom. The average molecular weight is 396 g/mol. The number of likely N-dealkylation sites (tertiary alicyclic amines) is 1. The molecule has 2 aliphatic heterocycles. The molecule has 4 rings (SSSR count). The highest BCUT2D eigenvalue weighted by molar-refractivity contribution is 7.09. The maximum atomic E-state index is 13.0. The van der Waals surface area contributed by atoms with Gasteiger partial charge in [0.05, 0.1) is 11.0 Å². The molecule has 1 aromatic heterocycles. The van der Waals surface area contributed by atoms with E-state index in [1.54, 1.807) is 0 Å². The third kappa shape index (κ3) is 3.51. The van der Waals surface area contributed by atoms with Crippen molar-refractivity contribution in [3.63, 3.8) is 0 Å². The minimum atomic E-state index is -0.0173. The van der Waals surface area contributed by atoms with E-state index in [0.717, 1.165) is 41.5 Å². The van der Waals surface area contributed by atoms with E-state index in [9.17, 15) is 4.79 Å². The number of amides is 1. The van der Waals surface area contributed by atoms with Crippen LogP contribution in [-0.4, -0.2) is 42.1 Å². The molecule has 2 aromatic rings. The molecule has 3 heterocycles. The molecule has 1 saturated heterocycles. The summed E-state index contributed by atoms with van der Waals surface area (Å²) in [4.78, 5) is 19.3. The molecular weight excluding hydrogens is 374 g/mol. The summed E-state index contributed by atoms with van der Waals surface area (Å²) in [7, 11) is 0. The molecule has 1 aromatic carbocycles. The number of aromatic nitrogens is 1. The smallest absolute Gasteiger partial charge is 0.273 e. The Kier molecular flexibility index (Phi) is 6.01. The Morgan fingerprint density at radius 3 is 3.04 bits per heavy atom. The lowest BCUT2D eigenvalue weighted by Gasteiger charge is -2.28. The van der Waals surface area contributed by atoms with Gasteiger partial charge >= 0.3 is 0 Å². The molecule has 2 aliphatic rings. The lowest BCUT2D eigenvalue weighted by Crippen LogP contribution is -2.31. The van der Waals surface area contributed by atoms with Crippen molar-refractivity contribution in [2.75, 3.05) is 26.3 Å². The number of benzene rings is 1. The first-order valence-corrected chi connectivity index (χ1v) is 9.50. The van der Waals surface area contributed by atoms with Crippen molar-refractivity contribution in [2.24, 2.45) is 5.73 Å². The van der Waals surface area contributed by atoms with E-state index in [2.05, 4.69) is 4.98 Å². The number of nitrogens with two attached hydrogens (primary N) is 1. The minimum absolute atomic E-state index is 0.